The number of pyridine rings is 1. The van der Waals surface area contributed by atoms with Gasteiger partial charge in [-0.2, -0.15) is 13.2 Å². The maximum absolute atomic E-state index is 12.9. The van der Waals surface area contributed by atoms with Crippen LogP contribution in [0.1, 0.15) is 43.0 Å². The molecule has 2 aromatic rings. The van der Waals surface area contributed by atoms with Crippen molar-refractivity contribution in [1.82, 2.24) is 10.3 Å². The minimum atomic E-state index is -4.48. The summed E-state index contributed by atoms with van der Waals surface area (Å²) < 4.78 is 41.3. The summed E-state index contributed by atoms with van der Waals surface area (Å²) in [6, 6.07) is 9.29. The van der Waals surface area contributed by atoms with Gasteiger partial charge in [-0.25, -0.2) is 4.98 Å². The molecule has 0 saturated carbocycles. The number of nitrogens with one attached hydrogen (secondary N) is 2. The minimum absolute atomic E-state index is 0.110. The topological polar surface area (TPSA) is 83.6 Å². The smallest absolute Gasteiger partial charge is 0.422 e. The Hall–Kier alpha value is -3.30. The van der Waals surface area contributed by atoms with Gasteiger partial charge in [0.2, 0.25) is 11.8 Å². The average Bonchev–Trinajstić information content (AvgIpc) is 3.32. The number of carbonyl (C=O) groups is 2. The SMILES string of the molecule is CCC[C@@H](NC(=O)c1ccc(OCC(F)(F)F)nc1)C(=O)Nc1cccc(N2CCCC2)c1. The van der Waals surface area contributed by atoms with Gasteiger partial charge < -0.3 is 20.3 Å². The Morgan fingerprint density at radius 2 is 1.94 bits per heavy atom. The van der Waals surface area contributed by atoms with Crippen molar-refractivity contribution in [2.75, 3.05) is 29.9 Å². The molecule has 178 valence electrons. The van der Waals surface area contributed by atoms with Gasteiger partial charge in [0.15, 0.2) is 6.61 Å². The van der Waals surface area contributed by atoms with E-state index in [1.807, 2.05) is 25.1 Å². The lowest BCUT2D eigenvalue weighted by Crippen LogP contribution is -2.43. The van der Waals surface area contributed by atoms with E-state index in [0.717, 1.165) is 37.8 Å². The summed E-state index contributed by atoms with van der Waals surface area (Å²) in [7, 11) is 0. The molecule has 0 radical (unpaired) electrons. The van der Waals surface area contributed by atoms with Gasteiger partial charge in [0.1, 0.15) is 6.04 Å². The lowest BCUT2D eigenvalue weighted by molar-refractivity contribution is -0.154. The van der Waals surface area contributed by atoms with E-state index in [9.17, 15) is 22.8 Å². The molecule has 33 heavy (non-hydrogen) atoms. The third-order valence-corrected chi connectivity index (χ3v) is 5.17. The highest BCUT2D eigenvalue weighted by Gasteiger charge is 2.28. The molecule has 1 aliphatic rings. The summed E-state index contributed by atoms with van der Waals surface area (Å²) in [4.78, 5) is 31.4. The fraction of sp³-hybridized carbons (Fsp3) is 0.435. The summed E-state index contributed by atoms with van der Waals surface area (Å²) in [6.45, 7) is 2.40. The zero-order chi connectivity index (χ0) is 23.8. The summed E-state index contributed by atoms with van der Waals surface area (Å²) >= 11 is 0. The van der Waals surface area contributed by atoms with Gasteiger partial charge in [0.25, 0.3) is 5.91 Å². The predicted molar refractivity (Wildman–Crippen MR) is 118 cm³/mol. The maximum atomic E-state index is 12.9. The Bertz CT molecular complexity index is 945. The fourth-order valence-corrected chi connectivity index (χ4v) is 3.54. The summed E-state index contributed by atoms with van der Waals surface area (Å²) in [5.74, 6) is -1.14. The van der Waals surface area contributed by atoms with Gasteiger partial charge in [0.05, 0.1) is 5.56 Å². The lowest BCUT2D eigenvalue weighted by atomic mass is 10.1. The molecular weight excluding hydrogens is 437 g/mol. The van der Waals surface area contributed by atoms with Gasteiger partial charge in [-0.1, -0.05) is 19.4 Å². The van der Waals surface area contributed by atoms with Gasteiger partial charge in [0, 0.05) is 36.7 Å². The Labute approximate surface area is 190 Å². The molecule has 2 heterocycles. The van der Waals surface area contributed by atoms with Gasteiger partial charge >= 0.3 is 6.18 Å². The average molecular weight is 464 g/mol. The number of anilines is 2. The van der Waals surface area contributed by atoms with Crippen LogP contribution < -0.4 is 20.3 Å². The first kappa shape index (κ1) is 24.3. The van der Waals surface area contributed by atoms with E-state index in [1.165, 1.54) is 12.1 Å². The second-order valence-electron chi connectivity index (χ2n) is 7.84. The van der Waals surface area contributed by atoms with Crippen molar-refractivity contribution < 1.29 is 27.5 Å². The minimum Gasteiger partial charge on any atom is -0.468 e. The summed E-state index contributed by atoms with van der Waals surface area (Å²) in [5, 5.41) is 5.54. The second kappa shape index (κ2) is 11.0. The standard InChI is InChI=1S/C23H27F3N4O3/c1-2-6-19(22(32)28-17-7-5-8-18(13-17)30-11-3-4-12-30)29-21(31)16-9-10-20(27-14-16)33-15-23(24,25)26/h5,7-10,13-14,19H,2-4,6,11-12,15H2,1H3,(H,28,32)(H,29,31)/t19-/m1/s1. The summed E-state index contributed by atoms with van der Waals surface area (Å²) in [5.41, 5.74) is 1.80. The zero-order valence-corrected chi connectivity index (χ0v) is 18.3. The number of hydrogen-bond acceptors (Lipinski definition) is 5. The van der Waals surface area contributed by atoms with Crippen LogP contribution in [0.25, 0.3) is 0 Å². The second-order valence-corrected chi connectivity index (χ2v) is 7.84. The van der Waals surface area contributed by atoms with E-state index in [-0.39, 0.29) is 17.4 Å². The molecular formula is C23H27F3N4O3. The number of halogens is 3. The molecule has 7 nitrogen and oxygen atoms in total. The first-order chi connectivity index (χ1) is 15.7. The van der Waals surface area contributed by atoms with E-state index in [4.69, 9.17) is 0 Å². The van der Waals surface area contributed by atoms with E-state index >= 15 is 0 Å². The van der Waals surface area contributed by atoms with E-state index < -0.39 is 24.7 Å². The molecule has 0 spiro atoms. The van der Waals surface area contributed by atoms with Gasteiger partial charge in [-0.05, 0) is 43.5 Å². The van der Waals surface area contributed by atoms with Crippen LogP contribution in [-0.4, -0.2) is 48.7 Å². The lowest BCUT2D eigenvalue weighted by Gasteiger charge is -2.20. The molecule has 1 aromatic heterocycles. The first-order valence-corrected chi connectivity index (χ1v) is 10.9. The largest absolute Gasteiger partial charge is 0.468 e. The number of alkyl halides is 3. The van der Waals surface area contributed by atoms with Crippen LogP contribution >= 0.6 is 0 Å². The number of carbonyl (C=O) groups excluding carboxylic acids is 2. The van der Waals surface area contributed by atoms with Crippen molar-refractivity contribution in [2.45, 2.75) is 44.8 Å². The maximum Gasteiger partial charge on any atom is 0.422 e. The molecule has 1 atom stereocenters. The molecule has 0 aliphatic carbocycles. The first-order valence-electron chi connectivity index (χ1n) is 10.9. The number of rotatable bonds is 9. The number of benzene rings is 1. The van der Waals surface area contributed by atoms with Crippen molar-refractivity contribution >= 4 is 23.2 Å². The Kier molecular flexibility index (Phi) is 8.13. The molecule has 0 bridgehead atoms. The van der Waals surface area contributed by atoms with Crippen LogP contribution in [0.15, 0.2) is 42.6 Å². The van der Waals surface area contributed by atoms with Crippen molar-refractivity contribution in [3.63, 3.8) is 0 Å². The Balaban J connectivity index is 1.60. The number of hydrogen-bond donors (Lipinski definition) is 2. The van der Waals surface area contributed by atoms with Crippen LogP contribution in [0.5, 0.6) is 5.88 Å². The number of aromatic nitrogens is 1. The van der Waals surface area contributed by atoms with Crippen LogP contribution in [0.2, 0.25) is 0 Å². The monoisotopic (exact) mass is 464 g/mol. The summed E-state index contributed by atoms with van der Waals surface area (Å²) in [6.07, 6.45) is 0.00312. The van der Waals surface area contributed by atoms with E-state index in [0.29, 0.717) is 18.5 Å². The zero-order valence-electron chi connectivity index (χ0n) is 18.3. The predicted octanol–water partition coefficient (Wildman–Crippen LogP) is 4.16. The quantitative estimate of drug-likeness (QED) is 0.582. The third kappa shape index (κ3) is 7.37. The normalized spacial score (nSPS) is 14.6. The number of amides is 2. The van der Waals surface area contributed by atoms with Crippen LogP contribution in [0, 0.1) is 0 Å². The van der Waals surface area contributed by atoms with Gasteiger partial charge in [-0.3, -0.25) is 9.59 Å². The molecule has 1 aromatic carbocycles. The molecule has 2 amide bonds. The van der Waals surface area contributed by atoms with Crippen LogP contribution in [0.4, 0.5) is 24.5 Å². The molecule has 1 saturated heterocycles. The fourth-order valence-electron chi connectivity index (χ4n) is 3.54. The van der Waals surface area contributed by atoms with Crippen molar-refractivity contribution in [2.24, 2.45) is 0 Å². The highest BCUT2D eigenvalue weighted by atomic mass is 19.4. The van der Waals surface area contributed by atoms with Crippen LogP contribution in [0.3, 0.4) is 0 Å². The molecule has 3 rings (SSSR count). The highest BCUT2D eigenvalue weighted by Crippen LogP contribution is 2.23. The molecule has 0 unspecified atom stereocenters. The molecule has 1 fully saturated rings. The third-order valence-electron chi connectivity index (χ3n) is 5.17. The Morgan fingerprint density at radius 3 is 2.58 bits per heavy atom. The number of nitrogens with zero attached hydrogens (tertiary/aromatic N) is 2. The van der Waals surface area contributed by atoms with Gasteiger partial charge in [-0.15, -0.1) is 0 Å². The van der Waals surface area contributed by atoms with Crippen molar-refractivity contribution in [3.8, 4) is 5.88 Å². The Morgan fingerprint density at radius 1 is 1.18 bits per heavy atom. The molecule has 10 heteroatoms. The van der Waals surface area contributed by atoms with Crippen LogP contribution in [-0.2, 0) is 4.79 Å². The highest BCUT2D eigenvalue weighted by molar-refractivity contribution is 6.01. The molecule has 1 aliphatic heterocycles. The molecule has 2 N–H and O–H groups in total. The number of ether oxygens (including phenoxy) is 1. The van der Waals surface area contributed by atoms with Crippen molar-refractivity contribution in [1.29, 1.82) is 0 Å². The van der Waals surface area contributed by atoms with E-state index in [1.54, 1.807) is 6.07 Å². The van der Waals surface area contributed by atoms with Crippen molar-refractivity contribution in [3.05, 3.63) is 48.2 Å². The van der Waals surface area contributed by atoms with E-state index in [2.05, 4.69) is 25.3 Å².